The van der Waals surface area contributed by atoms with Gasteiger partial charge in [0.1, 0.15) is 5.82 Å². The number of nitrogens with zero attached hydrogens (tertiary/aromatic N) is 5. The second-order valence-electron chi connectivity index (χ2n) is 7.40. The lowest BCUT2D eigenvalue weighted by molar-refractivity contribution is 0.0707. The Bertz CT molecular complexity index is 902. The van der Waals surface area contributed by atoms with Crippen LogP contribution in [0.3, 0.4) is 0 Å². The monoisotopic (exact) mass is 377 g/mol. The number of aliphatic hydroxyl groups is 1. The van der Waals surface area contributed by atoms with E-state index in [1.54, 1.807) is 6.20 Å². The topological polar surface area (TPSA) is 93.4 Å². The van der Waals surface area contributed by atoms with E-state index in [0.717, 1.165) is 37.2 Å². The van der Waals surface area contributed by atoms with E-state index in [2.05, 4.69) is 16.0 Å². The smallest absolute Gasteiger partial charge is 0.253 e. The second-order valence-corrected chi connectivity index (χ2v) is 7.40. The Hall–Kier alpha value is -2.98. The maximum atomic E-state index is 12.9. The number of nitriles is 1. The SMILES string of the molecule is N#CC1CCN(C(=O)c2cccc(-c3nccc(N4CCC(O)C4)n3)c2)CC1. The molecule has 2 aromatic rings. The van der Waals surface area contributed by atoms with E-state index in [-0.39, 0.29) is 17.9 Å². The summed E-state index contributed by atoms with van der Waals surface area (Å²) in [6, 6.07) is 11.5. The average molecular weight is 377 g/mol. The molecule has 0 spiro atoms. The number of carbonyl (C=O) groups is 1. The minimum atomic E-state index is -0.315. The summed E-state index contributed by atoms with van der Waals surface area (Å²) < 4.78 is 0. The van der Waals surface area contributed by atoms with Gasteiger partial charge in [-0.05, 0) is 37.5 Å². The number of likely N-dealkylation sites (tertiary alicyclic amines) is 1. The van der Waals surface area contributed by atoms with E-state index in [0.29, 0.717) is 31.0 Å². The number of aromatic nitrogens is 2. The van der Waals surface area contributed by atoms with Crippen LogP contribution < -0.4 is 4.90 Å². The van der Waals surface area contributed by atoms with E-state index in [9.17, 15) is 9.90 Å². The molecule has 7 heteroatoms. The van der Waals surface area contributed by atoms with Crippen molar-refractivity contribution in [2.24, 2.45) is 5.92 Å². The van der Waals surface area contributed by atoms with Crippen molar-refractivity contribution in [1.29, 1.82) is 5.26 Å². The Morgan fingerprint density at radius 2 is 2.00 bits per heavy atom. The highest BCUT2D eigenvalue weighted by Crippen LogP contribution is 2.24. The van der Waals surface area contributed by atoms with Gasteiger partial charge in [0.05, 0.1) is 12.2 Å². The quantitative estimate of drug-likeness (QED) is 0.880. The predicted octanol–water partition coefficient (Wildman–Crippen LogP) is 2.09. The van der Waals surface area contributed by atoms with Crippen LogP contribution >= 0.6 is 0 Å². The summed E-state index contributed by atoms with van der Waals surface area (Å²) in [7, 11) is 0. The number of carbonyl (C=O) groups excluding carboxylic acids is 1. The summed E-state index contributed by atoms with van der Waals surface area (Å²) in [4.78, 5) is 25.7. The number of benzene rings is 1. The second kappa shape index (κ2) is 7.95. The first-order valence-corrected chi connectivity index (χ1v) is 9.69. The third kappa shape index (κ3) is 3.82. The molecule has 3 heterocycles. The molecule has 0 bridgehead atoms. The van der Waals surface area contributed by atoms with Gasteiger partial charge in [0.2, 0.25) is 0 Å². The molecule has 2 aliphatic rings. The van der Waals surface area contributed by atoms with Gasteiger partial charge >= 0.3 is 0 Å². The van der Waals surface area contributed by atoms with Gasteiger partial charge in [-0.2, -0.15) is 5.26 Å². The lowest BCUT2D eigenvalue weighted by Crippen LogP contribution is -2.38. The van der Waals surface area contributed by atoms with Crippen LogP contribution in [0.1, 0.15) is 29.6 Å². The zero-order valence-corrected chi connectivity index (χ0v) is 15.7. The predicted molar refractivity (Wildman–Crippen MR) is 105 cm³/mol. The molecule has 0 saturated carbocycles. The van der Waals surface area contributed by atoms with Crippen molar-refractivity contribution in [3.63, 3.8) is 0 Å². The minimum absolute atomic E-state index is 0.0166. The van der Waals surface area contributed by atoms with E-state index in [1.165, 1.54) is 0 Å². The maximum absolute atomic E-state index is 12.9. The minimum Gasteiger partial charge on any atom is -0.391 e. The molecular formula is C21H23N5O2. The molecule has 1 aromatic carbocycles. The van der Waals surface area contributed by atoms with Crippen LogP contribution in [-0.2, 0) is 0 Å². The van der Waals surface area contributed by atoms with Crippen molar-refractivity contribution in [3.8, 4) is 17.5 Å². The normalized spacial score (nSPS) is 20.2. The number of amides is 1. The Kier molecular flexibility index (Phi) is 5.22. The third-order valence-corrected chi connectivity index (χ3v) is 5.46. The number of hydrogen-bond donors (Lipinski definition) is 1. The lowest BCUT2D eigenvalue weighted by Gasteiger charge is -2.29. The summed E-state index contributed by atoms with van der Waals surface area (Å²) in [5.41, 5.74) is 1.40. The molecule has 144 valence electrons. The fourth-order valence-electron chi connectivity index (χ4n) is 3.80. The van der Waals surface area contributed by atoms with Gasteiger partial charge in [-0.1, -0.05) is 12.1 Å². The van der Waals surface area contributed by atoms with Gasteiger partial charge in [0, 0.05) is 49.4 Å². The first-order chi connectivity index (χ1) is 13.6. The fraction of sp³-hybridized carbons (Fsp3) is 0.429. The zero-order chi connectivity index (χ0) is 19.5. The number of anilines is 1. The Labute approximate surface area is 164 Å². The molecule has 0 radical (unpaired) electrons. The molecule has 28 heavy (non-hydrogen) atoms. The van der Waals surface area contributed by atoms with Gasteiger partial charge in [-0.25, -0.2) is 9.97 Å². The molecule has 2 saturated heterocycles. The molecule has 2 fully saturated rings. The fourth-order valence-corrected chi connectivity index (χ4v) is 3.80. The molecule has 1 N–H and O–H groups in total. The highest BCUT2D eigenvalue weighted by molar-refractivity contribution is 5.95. The van der Waals surface area contributed by atoms with E-state index >= 15 is 0 Å². The van der Waals surface area contributed by atoms with Crippen molar-refractivity contribution in [3.05, 3.63) is 42.1 Å². The van der Waals surface area contributed by atoms with Crippen LogP contribution in [0.5, 0.6) is 0 Å². The molecule has 4 rings (SSSR count). The average Bonchev–Trinajstić information content (AvgIpc) is 3.20. The first kappa shape index (κ1) is 18.4. The highest BCUT2D eigenvalue weighted by atomic mass is 16.3. The molecule has 7 nitrogen and oxygen atoms in total. The van der Waals surface area contributed by atoms with Gasteiger partial charge < -0.3 is 14.9 Å². The molecule has 1 atom stereocenters. The number of rotatable bonds is 3. The molecule has 0 aliphatic carbocycles. The Balaban J connectivity index is 1.53. The summed E-state index contributed by atoms with van der Waals surface area (Å²) in [5.74, 6) is 1.39. The number of aliphatic hydroxyl groups excluding tert-OH is 1. The number of piperidine rings is 1. The maximum Gasteiger partial charge on any atom is 0.253 e. The van der Waals surface area contributed by atoms with Gasteiger partial charge in [0.25, 0.3) is 5.91 Å². The third-order valence-electron chi connectivity index (χ3n) is 5.46. The lowest BCUT2D eigenvalue weighted by atomic mass is 9.98. The molecule has 1 unspecified atom stereocenters. The van der Waals surface area contributed by atoms with Crippen LogP contribution in [0.15, 0.2) is 36.5 Å². The van der Waals surface area contributed by atoms with Crippen LogP contribution in [0.4, 0.5) is 5.82 Å². The molecule has 1 aromatic heterocycles. The van der Waals surface area contributed by atoms with Crippen LogP contribution in [-0.4, -0.2) is 58.2 Å². The zero-order valence-electron chi connectivity index (χ0n) is 15.7. The van der Waals surface area contributed by atoms with Crippen LogP contribution in [0, 0.1) is 17.2 Å². The van der Waals surface area contributed by atoms with E-state index in [1.807, 2.05) is 40.1 Å². The standard InChI is InChI=1S/C21H23N5O2/c22-13-15-5-9-25(10-6-15)21(28)17-3-1-2-16(12-17)20-23-8-4-19(24-20)26-11-7-18(27)14-26/h1-4,8,12,15,18,27H,5-7,9-11,14H2. The van der Waals surface area contributed by atoms with Gasteiger partial charge in [-0.3, -0.25) is 4.79 Å². The molecule has 2 aliphatic heterocycles. The van der Waals surface area contributed by atoms with E-state index < -0.39 is 0 Å². The Morgan fingerprint density at radius 3 is 2.71 bits per heavy atom. The highest BCUT2D eigenvalue weighted by Gasteiger charge is 2.24. The summed E-state index contributed by atoms with van der Waals surface area (Å²) >= 11 is 0. The summed E-state index contributed by atoms with van der Waals surface area (Å²) in [6.07, 6.45) is 3.60. The van der Waals surface area contributed by atoms with Crippen molar-refractivity contribution in [2.45, 2.75) is 25.4 Å². The van der Waals surface area contributed by atoms with Crippen molar-refractivity contribution < 1.29 is 9.90 Å². The van der Waals surface area contributed by atoms with E-state index in [4.69, 9.17) is 5.26 Å². The van der Waals surface area contributed by atoms with Crippen LogP contribution in [0.25, 0.3) is 11.4 Å². The summed E-state index contributed by atoms with van der Waals surface area (Å²) in [5, 5.41) is 18.8. The number of hydrogen-bond acceptors (Lipinski definition) is 6. The largest absolute Gasteiger partial charge is 0.391 e. The van der Waals surface area contributed by atoms with Crippen molar-refractivity contribution >= 4 is 11.7 Å². The summed E-state index contributed by atoms with van der Waals surface area (Å²) in [6.45, 7) is 2.58. The van der Waals surface area contributed by atoms with Gasteiger partial charge in [0.15, 0.2) is 5.82 Å². The molecular weight excluding hydrogens is 354 g/mol. The van der Waals surface area contributed by atoms with Crippen molar-refractivity contribution in [2.75, 3.05) is 31.1 Å². The Morgan fingerprint density at radius 1 is 1.18 bits per heavy atom. The van der Waals surface area contributed by atoms with Crippen molar-refractivity contribution in [1.82, 2.24) is 14.9 Å². The first-order valence-electron chi connectivity index (χ1n) is 9.69. The molecule has 1 amide bonds. The van der Waals surface area contributed by atoms with Gasteiger partial charge in [-0.15, -0.1) is 0 Å². The number of β-amino-alcohol motifs (C(OH)–C–C–N with tert-alkyl or cyclic N) is 1. The van der Waals surface area contributed by atoms with Crippen LogP contribution in [0.2, 0.25) is 0 Å².